The third kappa shape index (κ3) is 5.06. The Bertz CT molecular complexity index is 662. The smallest absolute Gasteiger partial charge is 0.191 e. The van der Waals surface area contributed by atoms with Crippen molar-refractivity contribution >= 4 is 5.96 Å². The van der Waals surface area contributed by atoms with Gasteiger partial charge in [-0.05, 0) is 45.7 Å². The van der Waals surface area contributed by atoms with E-state index < -0.39 is 0 Å². The Hall–Kier alpha value is -1.95. The second-order valence-electron chi connectivity index (χ2n) is 7.47. The van der Waals surface area contributed by atoms with E-state index >= 15 is 0 Å². The molecule has 3 N–H and O–H groups in total. The van der Waals surface area contributed by atoms with Crippen LogP contribution in [0.2, 0.25) is 0 Å². The van der Waals surface area contributed by atoms with Crippen molar-refractivity contribution in [3.8, 4) is 11.5 Å². The number of hydrogen-bond acceptors (Lipinski definition) is 4. The highest BCUT2D eigenvalue weighted by molar-refractivity contribution is 5.79. The minimum Gasteiger partial charge on any atom is -0.494 e. The fourth-order valence-electron chi connectivity index (χ4n) is 3.88. The van der Waals surface area contributed by atoms with Crippen molar-refractivity contribution in [3.63, 3.8) is 0 Å². The molecule has 6 nitrogen and oxygen atoms in total. The summed E-state index contributed by atoms with van der Waals surface area (Å²) < 4.78 is 11.7. The van der Waals surface area contributed by atoms with E-state index in [1.165, 1.54) is 5.56 Å². The van der Waals surface area contributed by atoms with Crippen molar-refractivity contribution in [2.24, 2.45) is 10.9 Å². The predicted octanol–water partition coefficient (Wildman–Crippen LogP) is 2.62. The molecule has 0 saturated heterocycles. The van der Waals surface area contributed by atoms with Gasteiger partial charge >= 0.3 is 0 Å². The molecule has 0 bridgehead atoms. The van der Waals surface area contributed by atoms with Crippen molar-refractivity contribution in [2.45, 2.75) is 65.2 Å². The summed E-state index contributed by atoms with van der Waals surface area (Å²) in [6.45, 7) is 8.82. The number of hydrogen-bond donors (Lipinski definition) is 3. The topological polar surface area (TPSA) is 75.1 Å². The van der Waals surface area contributed by atoms with Gasteiger partial charge in [-0.1, -0.05) is 6.42 Å². The molecule has 0 spiro atoms. The highest BCUT2D eigenvalue weighted by Gasteiger charge is 2.25. The van der Waals surface area contributed by atoms with Gasteiger partial charge in [-0.25, -0.2) is 4.99 Å². The molecule has 3 unspecified atom stereocenters. The first-order valence-corrected chi connectivity index (χ1v) is 10.3. The van der Waals surface area contributed by atoms with Gasteiger partial charge in [-0.15, -0.1) is 0 Å². The second-order valence-corrected chi connectivity index (χ2v) is 7.47. The van der Waals surface area contributed by atoms with Crippen LogP contribution in [0.3, 0.4) is 0 Å². The van der Waals surface area contributed by atoms with Crippen LogP contribution in [0.25, 0.3) is 0 Å². The fraction of sp³-hybridized carbons (Fsp3) is 0.667. The molecule has 0 radical (unpaired) electrons. The zero-order valence-corrected chi connectivity index (χ0v) is 16.8. The van der Waals surface area contributed by atoms with E-state index in [2.05, 4.69) is 36.6 Å². The van der Waals surface area contributed by atoms with Crippen LogP contribution in [0.5, 0.6) is 11.5 Å². The molecule has 2 aliphatic rings. The Kier molecular flexibility index (Phi) is 6.83. The van der Waals surface area contributed by atoms with Crippen LogP contribution in [0, 0.1) is 5.92 Å². The van der Waals surface area contributed by atoms with E-state index in [9.17, 15) is 5.11 Å². The summed E-state index contributed by atoms with van der Waals surface area (Å²) in [5.41, 5.74) is 2.24. The number of benzene rings is 1. The number of nitrogens with one attached hydrogen (secondary N) is 2. The molecule has 3 rings (SSSR count). The third-order valence-corrected chi connectivity index (χ3v) is 5.28. The molecule has 1 heterocycles. The van der Waals surface area contributed by atoms with Crippen molar-refractivity contribution in [1.29, 1.82) is 0 Å². The van der Waals surface area contributed by atoms with Crippen LogP contribution >= 0.6 is 0 Å². The highest BCUT2D eigenvalue weighted by atomic mass is 16.5. The number of guanidine groups is 1. The average molecular weight is 376 g/mol. The van der Waals surface area contributed by atoms with Gasteiger partial charge < -0.3 is 25.2 Å². The van der Waals surface area contributed by atoms with E-state index in [1.54, 1.807) is 0 Å². The quantitative estimate of drug-likeness (QED) is 0.505. The maximum atomic E-state index is 10.0. The molecule has 6 heteroatoms. The number of aliphatic hydroxyl groups excluding tert-OH is 1. The van der Waals surface area contributed by atoms with Gasteiger partial charge in [0, 0.05) is 36.6 Å². The molecule has 0 aromatic heterocycles. The molecule has 1 aromatic carbocycles. The van der Waals surface area contributed by atoms with Gasteiger partial charge in [0.15, 0.2) is 5.96 Å². The molecular formula is C21H33N3O3. The van der Waals surface area contributed by atoms with Crippen LogP contribution in [-0.4, -0.2) is 43.0 Å². The summed E-state index contributed by atoms with van der Waals surface area (Å²) in [7, 11) is 0. The number of nitrogens with zero attached hydrogens (tertiary/aromatic N) is 1. The van der Waals surface area contributed by atoms with Gasteiger partial charge in [0.2, 0.25) is 0 Å². The lowest BCUT2D eigenvalue weighted by Crippen LogP contribution is -2.41. The van der Waals surface area contributed by atoms with E-state index in [0.29, 0.717) is 19.1 Å². The lowest BCUT2D eigenvalue weighted by atomic mass is 10.1. The molecule has 1 saturated carbocycles. The molecule has 27 heavy (non-hydrogen) atoms. The van der Waals surface area contributed by atoms with Gasteiger partial charge in [0.1, 0.15) is 17.6 Å². The normalized spacial score (nSPS) is 24.4. The van der Waals surface area contributed by atoms with E-state index in [-0.39, 0.29) is 12.2 Å². The monoisotopic (exact) mass is 375 g/mol. The first-order chi connectivity index (χ1) is 13.1. The number of fused-ring (bicyclic) bond motifs is 1. The number of rotatable bonds is 7. The van der Waals surface area contributed by atoms with Crippen LogP contribution in [0.15, 0.2) is 17.1 Å². The van der Waals surface area contributed by atoms with Crippen molar-refractivity contribution in [2.75, 3.05) is 19.7 Å². The number of aliphatic imine (C=N–C) groups is 1. The van der Waals surface area contributed by atoms with Crippen LogP contribution in [-0.2, 0) is 13.0 Å². The summed E-state index contributed by atoms with van der Waals surface area (Å²) in [4.78, 5) is 4.73. The summed E-state index contributed by atoms with van der Waals surface area (Å²) in [5.74, 6) is 2.92. The van der Waals surface area contributed by atoms with Gasteiger partial charge in [0.25, 0.3) is 0 Å². The molecule has 0 amide bonds. The Balaban J connectivity index is 1.70. The first-order valence-electron chi connectivity index (χ1n) is 10.3. The minimum absolute atomic E-state index is 0.194. The van der Waals surface area contributed by atoms with E-state index in [4.69, 9.17) is 14.5 Å². The molecule has 150 valence electrons. The van der Waals surface area contributed by atoms with Crippen molar-refractivity contribution in [3.05, 3.63) is 23.3 Å². The lowest BCUT2D eigenvalue weighted by Gasteiger charge is -2.18. The Morgan fingerprint density at radius 3 is 2.85 bits per heavy atom. The zero-order valence-electron chi connectivity index (χ0n) is 16.8. The predicted molar refractivity (Wildman–Crippen MR) is 108 cm³/mol. The molecule has 3 atom stereocenters. The largest absolute Gasteiger partial charge is 0.494 e. The number of aliphatic hydroxyl groups is 1. The maximum Gasteiger partial charge on any atom is 0.191 e. The van der Waals surface area contributed by atoms with Gasteiger partial charge in [0.05, 0.1) is 19.3 Å². The van der Waals surface area contributed by atoms with E-state index in [1.807, 2.05) is 6.92 Å². The summed E-state index contributed by atoms with van der Waals surface area (Å²) >= 11 is 0. The summed E-state index contributed by atoms with van der Waals surface area (Å²) in [6, 6.07) is 4.17. The first kappa shape index (κ1) is 19.8. The van der Waals surface area contributed by atoms with Crippen LogP contribution in [0.1, 0.15) is 51.2 Å². The fourth-order valence-corrected chi connectivity index (χ4v) is 3.88. The molecular weight excluding hydrogens is 342 g/mol. The van der Waals surface area contributed by atoms with Crippen molar-refractivity contribution in [1.82, 2.24) is 10.6 Å². The minimum atomic E-state index is -0.194. The Labute approximate surface area is 162 Å². The SMILES string of the molecule is CCNC(=NCc1cc2c(cc1OCC)CC(C)O2)NCC1CCCC1O. The average Bonchev–Trinajstić information content (AvgIpc) is 3.21. The number of ether oxygens (including phenoxy) is 2. The van der Waals surface area contributed by atoms with Crippen molar-refractivity contribution < 1.29 is 14.6 Å². The molecule has 1 aliphatic heterocycles. The second kappa shape index (κ2) is 9.31. The molecule has 1 aromatic rings. The lowest BCUT2D eigenvalue weighted by molar-refractivity contribution is 0.134. The van der Waals surface area contributed by atoms with Gasteiger partial charge in [-0.3, -0.25) is 0 Å². The summed E-state index contributed by atoms with van der Waals surface area (Å²) in [6.07, 6.45) is 4.03. The standard InChI is InChI=1S/C21H33N3O3/c1-4-22-21(23-12-15-7-6-8-18(15)25)24-13-17-11-20-16(9-14(3)27-20)10-19(17)26-5-2/h10-11,14-15,18,25H,4-9,12-13H2,1-3H3,(H2,22,23,24). The Morgan fingerprint density at radius 1 is 1.30 bits per heavy atom. The Morgan fingerprint density at radius 2 is 2.15 bits per heavy atom. The molecule has 1 aliphatic carbocycles. The highest BCUT2D eigenvalue weighted by Crippen LogP contribution is 2.35. The third-order valence-electron chi connectivity index (χ3n) is 5.28. The molecule has 1 fully saturated rings. The van der Waals surface area contributed by atoms with Gasteiger partial charge in [-0.2, -0.15) is 0 Å². The van der Waals surface area contributed by atoms with E-state index in [0.717, 1.165) is 61.8 Å². The zero-order chi connectivity index (χ0) is 19.2. The van der Waals surface area contributed by atoms with Crippen LogP contribution in [0.4, 0.5) is 0 Å². The maximum absolute atomic E-state index is 10.0. The summed E-state index contributed by atoms with van der Waals surface area (Å²) in [5, 5.41) is 16.7. The van der Waals surface area contributed by atoms with Crippen LogP contribution < -0.4 is 20.1 Å².